The molecule has 0 bridgehead atoms. The summed E-state index contributed by atoms with van der Waals surface area (Å²) in [7, 11) is 2.20. The Labute approximate surface area is 147 Å². The lowest BCUT2D eigenvalue weighted by Gasteiger charge is -2.11. The zero-order valence-corrected chi connectivity index (χ0v) is 14.1. The van der Waals surface area contributed by atoms with Gasteiger partial charge in [-0.05, 0) is 23.6 Å². The van der Waals surface area contributed by atoms with Gasteiger partial charge in [0.1, 0.15) is 7.28 Å². The van der Waals surface area contributed by atoms with Gasteiger partial charge in [0.05, 0.1) is 11.0 Å². The van der Waals surface area contributed by atoms with Crippen molar-refractivity contribution in [3.05, 3.63) is 84.9 Å². The van der Waals surface area contributed by atoms with Gasteiger partial charge in [-0.25, -0.2) is 0 Å². The highest BCUT2D eigenvalue weighted by Gasteiger charge is 2.16. The second-order valence-electron chi connectivity index (χ2n) is 6.38. The van der Waals surface area contributed by atoms with Crippen molar-refractivity contribution in [2.45, 2.75) is 6.82 Å². The van der Waals surface area contributed by atoms with Crippen molar-refractivity contribution >= 4 is 45.3 Å². The van der Waals surface area contributed by atoms with Gasteiger partial charge in [-0.2, -0.15) is 0 Å². The van der Waals surface area contributed by atoms with Crippen molar-refractivity contribution in [3.63, 3.8) is 0 Å². The first-order valence-electron chi connectivity index (χ1n) is 8.68. The monoisotopic (exact) mass is 318 g/mol. The Bertz CT molecular complexity index is 1220. The molecule has 1 aromatic heterocycles. The molecule has 0 fully saturated rings. The van der Waals surface area contributed by atoms with E-state index in [2.05, 4.69) is 104 Å². The number of fused-ring (bicyclic) bond motifs is 5. The highest BCUT2D eigenvalue weighted by atomic mass is 15.0. The topological polar surface area (TPSA) is 4.93 Å². The Balaban J connectivity index is 2.09. The summed E-state index contributed by atoms with van der Waals surface area (Å²) in [6, 6.07) is 30.4. The predicted octanol–water partition coefficient (Wildman–Crippen LogP) is 5.31. The molecule has 0 aliphatic rings. The van der Waals surface area contributed by atoms with Crippen molar-refractivity contribution in [1.29, 1.82) is 0 Å². The maximum Gasteiger partial charge on any atom is 0.149 e. The van der Waals surface area contributed by atoms with Crippen molar-refractivity contribution in [2.24, 2.45) is 0 Å². The Morgan fingerprint density at radius 3 is 2.04 bits per heavy atom. The van der Waals surface area contributed by atoms with Gasteiger partial charge in [-0.1, -0.05) is 79.0 Å². The summed E-state index contributed by atoms with van der Waals surface area (Å²) in [5.74, 6) is 0. The van der Waals surface area contributed by atoms with Crippen LogP contribution >= 0.6 is 0 Å². The Morgan fingerprint density at radius 1 is 0.640 bits per heavy atom. The SMILES string of the molecule is C[B]c1cc2c3ccccc3n(-c3ccccc3)c2c2ccccc12. The molecule has 117 valence electrons. The van der Waals surface area contributed by atoms with E-state index in [1.807, 2.05) is 0 Å². The molecule has 1 nitrogen and oxygen atoms in total. The van der Waals surface area contributed by atoms with Crippen molar-refractivity contribution < 1.29 is 0 Å². The molecule has 5 rings (SSSR count). The van der Waals surface area contributed by atoms with Gasteiger partial charge in [-0.3, -0.25) is 0 Å². The molecular formula is C23H17BN. The van der Waals surface area contributed by atoms with E-state index >= 15 is 0 Å². The molecular weight excluding hydrogens is 301 g/mol. The average molecular weight is 318 g/mol. The fraction of sp³-hybridized carbons (Fsp3) is 0.0435. The van der Waals surface area contributed by atoms with Crippen LogP contribution in [0.15, 0.2) is 84.9 Å². The molecule has 0 amide bonds. The van der Waals surface area contributed by atoms with Crippen LogP contribution in [0.1, 0.15) is 0 Å². The molecule has 5 aromatic rings. The molecule has 1 radical (unpaired) electrons. The lowest BCUT2D eigenvalue weighted by atomic mass is 9.70. The normalized spacial score (nSPS) is 11.4. The molecule has 4 aromatic carbocycles. The van der Waals surface area contributed by atoms with E-state index in [1.165, 1.54) is 43.7 Å². The van der Waals surface area contributed by atoms with Crippen LogP contribution in [0.5, 0.6) is 0 Å². The zero-order chi connectivity index (χ0) is 16.8. The zero-order valence-electron chi connectivity index (χ0n) is 14.1. The minimum Gasteiger partial charge on any atom is -0.309 e. The molecule has 0 spiro atoms. The van der Waals surface area contributed by atoms with Crippen molar-refractivity contribution in [3.8, 4) is 5.69 Å². The lowest BCUT2D eigenvalue weighted by molar-refractivity contribution is 1.19. The maximum absolute atomic E-state index is 2.40. The van der Waals surface area contributed by atoms with E-state index in [0.717, 1.165) is 0 Å². The summed E-state index contributed by atoms with van der Waals surface area (Å²) in [5.41, 5.74) is 5.03. The van der Waals surface area contributed by atoms with Crippen LogP contribution in [0, 0.1) is 0 Å². The number of rotatable bonds is 2. The summed E-state index contributed by atoms with van der Waals surface area (Å²) >= 11 is 0. The third-order valence-electron chi connectivity index (χ3n) is 5.03. The molecule has 25 heavy (non-hydrogen) atoms. The molecule has 1 heterocycles. The average Bonchev–Trinajstić information content (AvgIpc) is 3.02. The number of para-hydroxylation sites is 2. The standard InChI is InChI=1S/C23H17BN/c1-24-21-15-20-18-12-7-8-14-22(18)25(16-9-3-2-4-10-16)23(20)19-13-6-5-11-17(19)21/h2-15H,1H3. The molecule has 0 saturated carbocycles. The lowest BCUT2D eigenvalue weighted by Crippen LogP contribution is -2.12. The van der Waals surface area contributed by atoms with Gasteiger partial charge < -0.3 is 4.57 Å². The van der Waals surface area contributed by atoms with Crippen LogP contribution in [0.25, 0.3) is 38.3 Å². The van der Waals surface area contributed by atoms with Gasteiger partial charge in [0, 0.05) is 21.8 Å². The largest absolute Gasteiger partial charge is 0.309 e. The summed E-state index contributed by atoms with van der Waals surface area (Å²) < 4.78 is 2.40. The van der Waals surface area contributed by atoms with E-state index in [9.17, 15) is 0 Å². The number of hydrogen-bond donors (Lipinski definition) is 0. The minimum absolute atomic E-state index is 1.20. The molecule has 0 atom stereocenters. The van der Waals surface area contributed by atoms with Gasteiger partial charge in [0.2, 0.25) is 0 Å². The van der Waals surface area contributed by atoms with Crippen LogP contribution in [0.4, 0.5) is 0 Å². The molecule has 0 aliphatic carbocycles. The van der Waals surface area contributed by atoms with Crippen molar-refractivity contribution in [1.82, 2.24) is 4.57 Å². The molecule has 2 heteroatoms. The first-order chi connectivity index (χ1) is 12.4. The van der Waals surface area contributed by atoms with Crippen LogP contribution < -0.4 is 5.46 Å². The Morgan fingerprint density at radius 2 is 1.28 bits per heavy atom. The van der Waals surface area contributed by atoms with Gasteiger partial charge in [0.15, 0.2) is 0 Å². The summed E-state index contributed by atoms with van der Waals surface area (Å²) in [6.07, 6.45) is 0. The number of hydrogen-bond acceptors (Lipinski definition) is 0. The molecule has 0 unspecified atom stereocenters. The van der Waals surface area contributed by atoms with E-state index in [1.54, 1.807) is 0 Å². The first-order valence-corrected chi connectivity index (χ1v) is 8.68. The Kier molecular flexibility index (Phi) is 3.17. The quantitative estimate of drug-likeness (QED) is 0.389. The van der Waals surface area contributed by atoms with E-state index < -0.39 is 0 Å². The predicted molar refractivity (Wildman–Crippen MR) is 110 cm³/mol. The first kappa shape index (κ1) is 14.4. The van der Waals surface area contributed by atoms with Gasteiger partial charge in [-0.15, -0.1) is 0 Å². The van der Waals surface area contributed by atoms with Crippen LogP contribution in [-0.4, -0.2) is 11.8 Å². The summed E-state index contributed by atoms with van der Waals surface area (Å²) in [5, 5.41) is 5.21. The minimum atomic E-state index is 1.20. The van der Waals surface area contributed by atoms with Gasteiger partial charge >= 0.3 is 0 Å². The highest BCUT2D eigenvalue weighted by Crippen LogP contribution is 2.35. The van der Waals surface area contributed by atoms with Crippen molar-refractivity contribution in [2.75, 3.05) is 0 Å². The summed E-state index contributed by atoms with van der Waals surface area (Å²) in [6.45, 7) is 2.12. The third kappa shape index (κ3) is 2.04. The number of benzene rings is 4. The van der Waals surface area contributed by atoms with E-state index in [0.29, 0.717) is 0 Å². The van der Waals surface area contributed by atoms with E-state index in [-0.39, 0.29) is 0 Å². The number of aromatic nitrogens is 1. The maximum atomic E-state index is 2.40. The van der Waals surface area contributed by atoms with Crippen LogP contribution in [0.2, 0.25) is 6.82 Å². The molecule has 0 saturated heterocycles. The fourth-order valence-corrected chi connectivity index (χ4v) is 3.94. The summed E-state index contributed by atoms with van der Waals surface area (Å²) in [4.78, 5) is 0. The Hall–Kier alpha value is -3.00. The molecule has 0 N–H and O–H groups in total. The van der Waals surface area contributed by atoms with Crippen LogP contribution in [0.3, 0.4) is 0 Å². The second kappa shape index (κ2) is 5.53. The molecule has 0 aliphatic heterocycles. The van der Waals surface area contributed by atoms with Crippen LogP contribution in [-0.2, 0) is 0 Å². The second-order valence-corrected chi connectivity index (χ2v) is 6.38. The number of nitrogens with zero attached hydrogens (tertiary/aromatic N) is 1. The third-order valence-corrected chi connectivity index (χ3v) is 5.03. The smallest absolute Gasteiger partial charge is 0.149 e. The van der Waals surface area contributed by atoms with Gasteiger partial charge in [0.25, 0.3) is 0 Å². The fourth-order valence-electron chi connectivity index (χ4n) is 3.94. The van der Waals surface area contributed by atoms with E-state index in [4.69, 9.17) is 0 Å². The highest BCUT2D eigenvalue weighted by molar-refractivity contribution is 6.57.